The summed E-state index contributed by atoms with van der Waals surface area (Å²) in [6.07, 6.45) is 0.933. The number of hydrogen-bond donors (Lipinski definition) is 2. The van der Waals surface area contributed by atoms with Gasteiger partial charge in [-0.25, -0.2) is 9.78 Å². The molecule has 2 heterocycles. The Balaban J connectivity index is 0.000000980. The highest BCUT2D eigenvalue weighted by atomic mass is 35.5. The molecule has 84 valence electrons. The van der Waals surface area contributed by atoms with E-state index in [-0.39, 0.29) is 30.5 Å². The van der Waals surface area contributed by atoms with Gasteiger partial charge < -0.3 is 10.4 Å². The lowest BCUT2D eigenvalue weighted by molar-refractivity contribution is 0.0690. The minimum atomic E-state index is -0.964. The Labute approximate surface area is 99.9 Å². The average molecular weight is 251 g/mol. The lowest BCUT2D eigenvalue weighted by Crippen LogP contribution is -2.25. The third kappa shape index (κ3) is 3.06. The molecular formula is C9H12Cl2N2O2. The summed E-state index contributed by atoms with van der Waals surface area (Å²) in [6.45, 7) is 1.62. The highest BCUT2D eigenvalue weighted by Crippen LogP contribution is 2.11. The predicted molar refractivity (Wildman–Crippen MR) is 61.1 cm³/mol. The van der Waals surface area contributed by atoms with Gasteiger partial charge in [0.05, 0.1) is 5.69 Å². The fourth-order valence-corrected chi connectivity index (χ4v) is 1.46. The number of rotatable bonds is 1. The van der Waals surface area contributed by atoms with Crippen LogP contribution < -0.4 is 5.32 Å². The first-order valence-corrected chi connectivity index (χ1v) is 4.20. The van der Waals surface area contributed by atoms with Gasteiger partial charge in [0.2, 0.25) is 0 Å². The van der Waals surface area contributed by atoms with E-state index < -0.39 is 5.97 Å². The molecule has 0 radical (unpaired) electrons. The quantitative estimate of drug-likeness (QED) is 0.789. The van der Waals surface area contributed by atoms with Crippen LogP contribution in [-0.2, 0) is 13.0 Å². The summed E-state index contributed by atoms with van der Waals surface area (Å²) in [5, 5.41) is 11.9. The Morgan fingerprint density at radius 3 is 2.80 bits per heavy atom. The van der Waals surface area contributed by atoms with Crippen molar-refractivity contribution in [2.75, 3.05) is 6.54 Å². The minimum Gasteiger partial charge on any atom is -0.477 e. The van der Waals surface area contributed by atoms with Crippen molar-refractivity contribution in [3.05, 3.63) is 29.1 Å². The number of carboxylic acid groups (broad SMARTS) is 1. The molecule has 0 atom stereocenters. The summed E-state index contributed by atoms with van der Waals surface area (Å²) in [4.78, 5) is 14.7. The lowest BCUT2D eigenvalue weighted by atomic mass is 10.1. The molecular weight excluding hydrogens is 239 g/mol. The number of nitrogens with one attached hydrogen (secondary N) is 1. The molecule has 15 heavy (non-hydrogen) atoms. The number of hydrogen-bond acceptors (Lipinski definition) is 3. The molecule has 2 N–H and O–H groups in total. The zero-order valence-electron chi connectivity index (χ0n) is 7.90. The third-order valence-corrected chi connectivity index (χ3v) is 2.15. The van der Waals surface area contributed by atoms with Crippen molar-refractivity contribution in [3.63, 3.8) is 0 Å². The molecule has 1 aromatic rings. The van der Waals surface area contributed by atoms with Crippen molar-refractivity contribution >= 4 is 30.8 Å². The van der Waals surface area contributed by atoms with Gasteiger partial charge in [0.15, 0.2) is 0 Å². The van der Waals surface area contributed by atoms with Crippen LogP contribution in [0.4, 0.5) is 0 Å². The maximum atomic E-state index is 10.6. The molecule has 0 saturated carbocycles. The van der Waals surface area contributed by atoms with E-state index in [1.165, 1.54) is 0 Å². The second-order valence-corrected chi connectivity index (χ2v) is 3.03. The fourth-order valence-electron chi connectivity index (χ4n) is 1.46. The molecule has 6 heteroatoms. The SMILES string of the molecule is Cl.Cl.O=C(O)c1ccc2c(n1)CNCC2. The molecule has 0 unspecified atom stereocenters. The maximum absolute atomic E-state index is 10.6. The van der Waals surface area contributed by atoms with Gasteiger partial charge in [-0.05, 0) is 24.6 Å². The zero-order valence-corrected chi connectivity index (χ0v) is 9.53. The summed E-state index contributed by atoms with van der Waals surface area (Å²) in [5.41, 5.74) is 2.15. The molecule has 0 bridgehead atoms. The molecule has 0 amide bonds. The van der Waals surface area contributed by atoms with Gasteiger partial charge in [-0.3, -0.25) is 0 Å². The number of aromatic carboxylic acids is 1. The summed E-state index contributed by atoms with van der Waals surface area (Å²) >= 11 is 0. The number of carbonyl (C=O) groups is 1. The van der Waals surface area contributed by atoms with Gasteiger partial charge in [-0.1, -0.05) is 6.07 Å². The van der Waals surface area contributed by atoms with Crippen molar-refractivity contribution in [1.29, 1.82) is 0 Å². The van der Waals surface area contributed by atoms with Crippen LogP contribution in [0.3, 0.4) is 0 Å². The molecule has 1 aliphatic heterocycles. The largest absolute Gasteiger partial charge is 0.477 e. The van der Waals surface area contributed by atoms with E-state index in [1.807, 2.05) is 6.07 Å². The molecule has 2 rings (SSSR count). The second kappa shape index (κ2) is 5.90. The highest BCUT2D eigenvalue weighted by molar-refractivity contribution is 5.86. The Hall–Kier alpha value is -0.840. The Morgan fingerprint density at radius 2 is 2.13 bits per heavy atom. The second-order valence-electron chi connectivity index (χ2n) is 3.03. The molecule has 0 aromatic carbocycles. The minimum absolute atomic E-state index is 0. The lowest BCUT2D eigenvalue weighted by Gasteiger charge is -2.15. The van der Waals surface area contributed by atoms with Gasteiger partial charge in [-0.2, -0.15) is 0 Å². The maximum Gasteiger partial charge on any atom is 0.354 e. The summed E-state index contributed by atoms with van der Waals surface area (Å²) < 4.78 is 0. The standard InChI is InChI=1S/C9H10N2O2.2ClH/c12-9(13)7-2-1-6-3-4-10-5-8(6)11-7;;/h1-2,10H,3-5H2,(H,12,13);2*1H. The summed E-state index contributed by atoms with van der Waals surface area (Å²) in [6, 6.07) is 3.42. The van der Waals surface area contributed by atoms with Crippen LogP contribution in [0.25, 0.3) is 0 Å². The van der Waals surface area contributed by atoms with Crippen LogP contribution in [-0.4, -0.2) is 22.6 Å². The Bertz CT molecular complexity index is 358. The first kappa shape index (κ1) is 14.2. The summed E-state index contributed by atoms with van der Waals surface area (Å²) in [7, 11) is 0. The van der Waals surface area contributed by atoms with E-state index in [2.05, 4.69) is 10.3 Å². The third-order valence-electron chi connectivity index (χ3n) is 2.15. The van der Waals surface area contributed by atoms with E-state index in [0.29, 0.717) is 6.54 Å². The predicted octanol–water partition coefficient (Wildman–Crippen LogP) is 1.27. The number of carboxylic acids is 1. The monoisotopic (exact) mass is 250 g/mol. The van der Waals surface area contributed by atoms with Crippen molar-refractivity contribution in [2.24, 2.45) is 0 Å². The van der Waals surface area contributed by atoms with Crippen molar-refractivity contribution in [3.8, 4) is 0 Å². The summed E-state index contributed by atoms with van der Waals surface area (Å²) in [5.74, 6) is -0.964. The van der Waals surface area contributed by atoms with Crippen LogP contribution in [0.15, 0.2) is 12.1 Å². The van der Waals surface area contributed by atoms with E-state index in [0.717, 1.165) is 24.2 Å². The van der Waals surface area contributed by atoms with Crippen molar-refractivity contribution < 1.29 is 9.90 Å². The van der Waals surface area contributed by atoms with E-state index in [1.54, 1.807) is 6.07 Å². The van der Waals surface area contributed by atoms with Gasteiger partial charge in [-0.15, -0.1) is 24.8 Å². The topological polar surface area (TPSA) is 62.2 Å². The number of pyridine rings is 1. The molecule has 0 spiro atoms. The number of aromatic nitrogens is 1. The van der Waals surface area contributed by atoms with E-state index in [9.17, 15) is 4.79 Å². The first-order chi connectivity index (χ1) is 6.27. The average Bonchev–Trinajstić information content (AvgIpc) is 2.17. The van der Waals surface area contributed by atoms with Gasteiger partial charge in [0.25, 0.3) is 0 Å². The smallest absolute Gasteiger partial charge is 0.354 e. The van der Waals surface area contributed by atoms with Crippen molar-refractivity contribution in [1.82, 2.24) is 10.3 Å². The first-order valence-electron chi connectivity index (χ1n) is 4.20. The van der Waals surface area contributed by atoms with Crippen molar-refractivity contribution in [2.45, 2.75) is 13.0 Å². The highest BCUT2D eigenvalue weighted by Gasteiger charge is 2.12. The van der Waals surface area contributed by atoms with E-state index >= 15 is 0 Å². The number of fused-ring (bicyclic) bond motifs is 1. The molecule has 0 saturated heterocycles. The van der Waals surface area contributed by atoms with Gasteiger partial charge in [0.1, 0.15) is 5.69 Å². The normalized spacial score (nSPS) is 13.1. The molecule has 0 fully saturated rings. The van der Waals surface area contributed by atoms with Crippen LogP contribution in [0.2, 0.25) is 0 Å². The molecule has 4 nitrogen and oxygen atoms in total. The molecule has 1 aliphatic rings. The Morgan fingerprint density at radius 1 is 1.40 bits per heavy atom. The van der Waals surface area contributed by atoms with Crippen LogP contribution in [0.1, 0.15) is 21.7 Å². The molecule has 1 aromatic heterocycles. The van der Waals surface area contributed by atoms with Crippen LogP contribution in [0.5, 0.6) is 0 Å². The fraction of sp³-hybridized carbons (Fsp3) is 0.333. The van der Waals surface area contributed by atoms with Crippen LogP contribution >= 0.6 is 24.8 Å². The Kier molecular flexibility index (Phi) is 5.57. The zero-order chi connectivity index (χ0) is 9.26. The van der Waals surface area contributed by atoms with Gasteiger partial charge >= 0.3 is 5.97 Å². The number of nitrogens with zero attached hydrogens (tertiary/aromatic N) is 1. The van der Waals surface area contributed by atoms with E-state index in [4.69, 9.17) is 5.11 Å². The molecule has 0 aliphatic carbocycles. The number of halogens is 2. The van der Waals surface area contributed by atoms with Crippen LogP contribution in [0, 0.1) is 0 Å². The van der Waals surface area contributed by atoms with Gasteiger partial charge in [0, 0.05) is 6.54 Å².